The molecule has 0 unspecified atom stereocenters. The smallest absolute Gasteiger partial charge is 0.264 e. The number of anilines is 2. The maximum atomic E-state index is 13.9. The molecule has 2 aromatic rings. The average Bonchev–Trinajstić information content (AvgIpc) is 2.37. The van der Waals surface area contributed by atoms with E-state index >= 15 is 0 Å². The molecule has 0 aliphatic rings. The molecule has 2 aromatic carbocycles. The molecule has 21 heavy (non-hydrogen) atoms. The molecule has 0 aromatic heterocycles. The number of benzene rings is 2. The third-order valence-electron chi connectivity index (χ3n) is 2.50. The summed E-state index contributed by atoms with van der Waals surface area (Å²) < 4.78 is 53.5. The van der Waals surface area contributed by atoms with Crippen molar-refractivity contribution in [2.75, 3.05) is 10.5 Å². The fourth-order valence-electron chi connectivity index (χ4n) is 1.55. The van der Waals surface area contributed by atoms with Crippen molar-refractivity contribution in [3.8, 4) is 0 Å². The van der Waals surface area contributed by atoms with Gasteiger partial charge < -0.3 is 5.73 Å². The summed E-state index contributed by atoms with van der Waals surface area (Å²) in [5, 5.41) is -0.0209. The lowest BCUT2D eigenvalue weighted by molar-refractivity contribution is 0.572. The monoisotopic (exact) mass is 396 g/mol. The van der Waals surface area contributed by atoms with Crippen molar-refractivity contribution < 1.29 is 17.2 Å². The molecular weight excluding hydrogens is 390 g/mol. The van der Waals surface area contributed by atoms with Crippen molar-refractivity contribution in [1.82, 2.24) is 0 Å². The number of hydrogen-bond donors (Lipinski definition) is 2. The number of sulfonamides is 1. The van der Waals surface area contributed by atoms with E-state index in [4.69, 9.17) is 17.3 Å². The first kappa shape index (κ1) is 16.0. The molecule has 0 aliphatic heterocycles. The van der Waals surface area contributed by atoms with Gasteiger partial charge in [-0.05, 0) is 46.3 Å². The number of hydrogen-bond acceptors (Lipinski definition) is 3. The van der Waals surface area contributed by atoms with Crippen molar-refractivity contribution in [2.24, 2.45) is 0 Å². The number of nitrogens with two attached hydrogens (primary N) is 1. The molecular formula is C12H8BrClF2N2O2S. The third kappa shape index (κ3) is 3.45. The summed E-state index contributed by atoms with van der Waals surface area (Å²) in [6.45, 7) is 0. The Morgan fingerprint density at radius 1 is 1.19 bits per heavy atom. The highest BCUT2D eigenvalue weighted by Crippen LogP contribution is 2.29. The van der Waals surface area contributed by atoms with Gasteiger partial charge in [0.2, 0.25) is 0 Å². The second-order valence-electron chi connectivity index (χ2n) is 4.04. The highest BCUT2D eigenvalue weighted by molar-refractivity contribution is 9.10. The second kappa shape index (κ2) is 5.78. The Labute approximate surface area is 133 Å². The molecule has 0 saturated heterocycles. The Hall–Kier alpha value is -1.38. The SMILES string of the molecule is Nc1cc(Cl)cc(S(=O)(=O)Nc2ccc(F)cc2Br)c1F. The molecule has 0 saturated carbocycles. The minimum Gasteiger partial charge on any atom is -0.396 e. The molecule has 0 bridgehead atoms. The van der Waals surface area contributed by atoms with E-state index in [0.717, 1.165) is 24.3 Å². The normalized spacial score (nSPS) is 11.4. The van der Waals surface area contributed by atoms with Gasteiger partial charge in [-0.3, -0.25) is 4.72 Å². The van der Waals surface area contributed by atoms with Gasteiger partial charge >= 0.3 is 0 Å². The van der Waals surface area contributed by atoms with E-state index in [2.05, 4.69) is 20.7 Å². The minimum absolute atomic E-state index is 0.0209. The molecule has 0 radical (unpaired) electrons. The second-order valence-corrected chi connectivity index (χ2v) is 6.98. The zero-order valence-corrected chi connectivity index (χ0v) is 13.4. The summed E-state index contributed by atoms with van der Waals surface area (Å²) in [7, 11) is -4.27. The van der Waals surface area contributed by atoms with Crippen LogP contribution in [0.5, 0.6) is 0 Å². The molecule has 3 N–H and O–H groups in total. The van der Waals surface area contributed by atoms with E-state index in [1.165, 1.54) is 6.07 Å². The van der Waals surface area contributed by atoms with E-state index in [0.29, 0.717) is 0 Å². The Bertz CT molecular complexity index is 815. The number of nitrogen functional groups attached to an aromatic ring is 1. The van der Waals surface area contributed by atoms with Gasteiger partial charge in [-0.25, -0.2) is 17.2 Å². The van der Waals surface area contributed by atoms with Crippen LogP contribution in [-0.2, 0) is 10.0 Å². The van der Waals surface area contributed by atoms with Crippen LogP contribution < -0.4 is 10.5 Å². The summed E-state index contributed by atoms with van der Waals surface area (Å²) in [5.74, 6) is -1.66. The standard InChI is InChI=1S/C12H8BrClF2N2O2S/c13-8-5-7(15)1-2-10(8)18-21(19,20)11-4-6(14)3-9(17)12(11)16/h1-5,18H,17H2. The van der Waals surface area contributed by atoms with Crippen LogP contribution in [0.2, 0.25) is 5.02 Å². The van der Waals surface area contributed by atoms with E-state index in [1.54, 1.807) is 0 Å². The Kier molecular flexibility index (Phi) is 4.40. The summed E-state index contributed by atoms with van der Waals surface area (Å²) in [6.07, 6.45) is 0. The fourth-order valence-corrected chi connectivity index (χ4v) is 3.64. The molecule has 112 valence electrons. The average molecular weight is 398 g/mol. The maximum absolute atomic E-state index is 13.9. The Morgan fingerprint density at radius 2 is 1.86 bits per heavy atom. The van der Waals surface area contributed by atoms with Crippen LogP contribution in [0.25, 0.3) is 0 Å². The van der Waals surface area contributed by atoms with Crippen LogP contribution in [0, 0.1) is 11.6 Å². The van der Waals surface area contributed by atoms with Gasteiger partial charge in [0.1, 0.15) is 10.7 Å². The lowest BCUT2D eigenvalue weighted by Crippen LogP contribution is -2.16. The van der Waals surface area contributed by atoms with Crippen molar-refractivity contribution in [3.63, 3.8) is 0 Å². The van der Waals surface area contributed by atoms with Gasteiger partial charge in [0, 0.05) is 9.50 Å². The molecule has 0 amide bonds. The predicted molar refractivity (Wildman–Crippen MR) is 80.7 cm³/mol. The Balaban J connectivity index is 2.48. The third-order valence-corrected chi connectivity index (χ3v) is 4.74. The molecule has 0 heterocycles. The number of rotatable bonds is 3. The van der Waals surface area contributed by atoms with Gasteiger partial charge in [-0.2, -0.15) is 0 Å². The van der Waals surface area contributed by atoms with Gasteiger partial charge in [-0.1, -0.05) is 11.6 Å². The maximum Gasteiger partial charge on any atom is 0.264 e. The number of halogens is 4. The van der Waals surface area contributed by atoms with Crippen molar-refractivity contribution in [3.05, 3.63) is 51.5 Å². The van der Waals surface area contributed by atoms with Crippen LogP contribution >= 0.6 is 27.5 Å². The van der Waals surface area contributed by atoms with Gasteiger partial charge in [-0.15, -0.1) is 0 Å². The van der Waals surface area contributed by atoms with Gasteiger partial charge in [0.25, 0.3) is 10.0 Å². The summed E-state index contributed by atoms with van der Waals surface area (Å²) in [4.78, 5) is -0.691. The molecule has 0 spiro atoms. The largest absolute Gasteiger partial charge is 0.396 e. The zero-order chi connectivity index (χ0) is 15.8. The van der Waals surface area contributed by atoms with Crippen LogP contribution in [0.3, 0.4) is 0 Å². The lowest BCUT2D eigenvalue weighted by Gasteiger charge is -2.11. The van der Waals surface area contributed by atoms with Crippen molar-refractivity contribution in [2.45, 2.75) is 4.90 Å². The molecule has 9 heteroatoms. The first-order valence-corrected chi connectivity index (χ1v) is 8.08. The van der Waals surface area contributed by atoms with Crippen LogP contribution in [0.4, 0.5) is 20.2 Å². The molecule has 4 nitrogen and oxygen atoms in total. The van der Waals surface area contributed by atoms with Crippen LogP contribution in [0.1, 0.15) is 0 Å². The summed E-state index contributed by atoms with van der Waals surface area (Å²) in [5.41, 5.74) is 5.01. The highest BCUT2D eigenvalue weighted by Gasteiger charge is 2.22. The van der Waals surface area contributed by atoms with Crippen molar-refractivity contribution in [1.29, 1.82) is 0 Å². The highest BCUT2D eigenvalue weighted by atomic mass is 79.9. The van der Waals surface area contributed by atoms with Gasteiger partial charge in [0.15, 0.2) is 5.82 Å². The quantitative estimate of drug-likeness (QED) is 0.775. The molecule has 0 fully saturated rings. The van der Waals surface area contributed by atoms with E-state index in [9.17, 15) is 17.2 Å². The fraction of sp³-hybridized carbons (Fsp3) is 0. The van der Waals surface area contributed by atoms with E-state index in [-0.39, 0.29) is 20.9 Å². The number of nitrogens with one attached hydrogen (secondary N) is 1. The van der Waals surface area contributed by atoms with Crippen LogP contribution in [0.15, 0.2) is 39.7 Å². The summed E-state index contributed by atoms with van der Waals surface area (Å²) >= 11 is 8.69. The molecule has 0 aliphatic carbocycles. The van der Waals surface area contributed by atoms with Gasteiger partial charge in [0.05, 0.1) is 11.4 Å². The first-order valence-electron chi connectivity index (χ1n) is 5.43. The van der Waals surface area contributed by atoms with E-state index < -0.39 is 26.6 Å². The van der Waals surface area contributed by atoms with E-state index in [1.807, 2.05) is 0 Å². The Morgan fingerprint density at radius 3 is 2.48 bits per heavy atom. The zero-order valence-electron chi connectivity index (χ0n) is 10.2. The van der Waals surface area contributed by atoms with Crippen LogP contribution in [-0.4, -0.2) is 8.42 Å². The van der Waals surface area contributed by atoms with Crippen molar-refractivity contribution >= 4 is 48.9 Å². The summed E-state index contributed by atoms with van der Waals surface area (Å²) in [6, 6.07) is 5.37. The predicted octanol–water partition coefficient (Wildman–Crippen LogP) is 3.76. The molecule has 2 rings (SSSR count). The first-order chi connectivity index (χ1) is 9.70. The molecule has 0 atom stereocenters. The lowest BCUT2D eigenvalue weighted by atomic mass is 10.3. The topological polar surface area (TPSA) is 72.2 Å². The minimum atomic E-state index is -4.27.